The minimum absolute atomic E-state index is 0.145. The van der Waals surface area contributed by atoms with Crippen molar-refractivity contribution in [3.63, 3.8) is 0 Å². The van der Waals surface area contributed by atoms with E-state index in [1.165, 1.54) is 0 Å². The van der Waals surface area contributed by atoms with Gasteiger partial charge >= 0.3 is 0 Å². The average Bonchev–Trinajstić information content (AvgIpc) is 2.67. The highest BCUT2D eigenvalue weighted by molar-refractivity contribution is 6.33. The lowest BCUT2D eigenvalue weighted by Crippen LogP contribution is -2.25. The third-order valence-corrected chi connectivity index (χ3v) is 5.14. The Morgan fingerprint density at radius 1 is 0.966 bits per heavy atom. The Balaban J connectivity index is 2.08. The Hall–Kier alpha value is -2.73. The molecule has 7 heteroatoms. The second-order valence-electron chi connectivity index (χ2n) is 7.22. The molecule has 0 saturated carbocycles. The summed E-state index contributed by atoms with van der Waals surface area (Å²) in [6.45, 7) is 3.10. The quantitative estimate of drug-likeness (QED) is 0.473. The Morgan fingerprint density at radius 3 is 2.31 bits per heavy atom. The van der Waals surface area contributed by atoms with Gasteiger partial charge in [-0.25, -0.2) is 9.97 Å². The molecule has 0 aliphatic rings. The smallest absolute Gasteiger partial charge is 0.260 e. The number of halogens is 2. The SMILES string of the molecule is CC(C)(O)c1nc2nc(-c3ccccc3Cl)c(-c3ccc(Cl)cc3)cc2c(=O)[nH]1. The van der Waals surface area contributed by atoms with Crippen LogP contribution in [-0.2, 0) is 5.60 Å². The molecular weight excluding hydrogens is 409 g/mol. The molecule has 2 aromatic heterocycles. The van der Waals surface area contributed by atoms with E-state index >= 15 is 0 Å². The number of rotatable bonds is 3. The standard InChI is InChI=1S/C22H17Cl2N3O2/c1-22(2,29)21-26-19-16(20(28)27-21)11-15(12-7-9-13(23)10-8-12)18(25-19)14-5-3-4-6-17(14)24/h3-11,29H,1-2H3,(H,25,26,27,28). The minimum atomic E-state index is -1.31. The molecular formula is C22H17Cl2N3O2. The zero-order valence-corrected chi connectivity index (χ0v) is 17.2. The molecule has 0 bridgehead atoms. The van der Waals surface area contributed by atoms with Crippen LogP contribution in [0, 0.1) is 0 Å². The fourth-order valence-electron chi connectivity index (χ4n) is 3.06. The van der Waals surface area contributed by atoms with Gasteiger partial charge in [0.15, 0.2) is 5.65 Å². The Labute approximate surface area is 177 Å². The maximum absolute atomic E-state index is 12.7. The molecule has 0 aliphatic heterocycles. The first kappa shape index (κ1) is 19.6. The summed E-state index contributed by atoms with van der Waals surface area (Å²) in [7, 11) is 0. The normalized spacial score (nSPS) is 11.8. The summed E-state index contributed by atoms with van der Waals surface area (Å²) in [5.74, 6) is 0.145. The van der Waals surface area contributed by atoms with Gasteiger partial charge in [-0.2, -0.15) is 0 Å². The zero-order valence-electron chi connectivity index (χ0n) is 15.7. The molecule has 0 saturated heterocycles. The Bertz CT molecular complexity index is 1280. The number of aromatic amines is 1. The number of nitrogens with one attached hydrogen (secondary N) is 1. The molecule has 0 unspecified atom stereocenters. The number of aromatic nitrogens is 3. The summed E-state index contributed by atoms with van der Waals surface area (Å²) in [6.07, 6.45) is 0. The van der Waals surface area contributed by atoms with Crippen molar-refractivity contribution in [1.82, 2.24) is 15.0 Å². The van der Waals surface area contributed by atoms with Crippen molar-refractivity contribution in [3.8, 4) is 22.4 Å². The molecule has 4 rings (SSSR count). The first-order chi connectivity index (χ1) is 13.7. The highest BCUT2D eigenvalue weighted by atomic mass is 35.5. The topological polar surface area (TPSA) is 78.9 Å². The van der Waals surface area contributed by atoms with Crippen LogP contribution in [0.2, 0.25) is 10.0 Å². The van der Waals surface area contributed by atoms with Crippen molar-refractivity contribution in [2.75, 3.05) is 0 Å². The first-order valence-electron chi connectivity index (χ1n) is 8.93. The fourth-order valence-corrected chi connectivity index (χ4v) is 3.41. The van der Waals surface area contributed by atoms with Crippen molar-refractivity contribution in [2.24, 2.45) is 0 Å². The van der Waals surface area contributed by atoms with Crippen LogP contribution in [0.5, 0.6) is 0 Å². The van der Waals surface area contributed by atoms with Crippen molar-refractivity contribution in [3.05, 3.63) is 80.8 Å². The number of aliphatic hydroxyl groups is 1. The molecule has 0 spiro atoms. The molecule has 2 heterocycles. The van der Waals surface area contributed by atoms with Gasteiger partial charge in [0.25, 0.3) is 5.56 Å². The molecule has 0 amide bonds. The van der Waals surface area contributed by atoms with Gasteiger partial charge in [-0.1, -0.05) is 53.5 Å². The highest BCUT2D eigenvalue weighted by Gasteiger charge is 2.22. The molecule has 2 N–H and O–H groups in total. The van der Waals surface area contributed by atoms with E-state index in [0.717, 1.165) is 11.1 Å². The number of nitrogens with zero attached hydrogens (tertiary/aromatic N) is 2. The lowest BCUT2D eigenvalue weighted by atomic mass is 9.98. The summed E-state index contributed by atoms with van der Waals surface area (Å²) in [5, 5.41) is 11.7. The van der Waals surface area contributed by atoms with Crippen molar-refractivity contribution < 1.29 is 5.11 Å². The van der Waals surface area contributed by atoms with E-state index in [1.54, 1.807) is 38.1 Å². The van der Waals surface area contributed by atoms with E-state index in [0.29, 0.717) is 26.7 Å². The number of benzene rings is 2. The molecule has 4 aromatic rings. The third kappa shape index (κ3) is 3.77. The molecule has 0 fully saturated rings. The van der Waals surface area contributed by atoms with Crippen molar-refractivity contribution in [1.29, 1.82) is 0 Å². The minimum Gasteiger partial charge on any atom is -0.383 e. The molecule has 2 aromatic carbocycles. The second-order valence-corrected chi connectivity index (χ2v) is 8.06. The van der Waals surface area contributed by atoms with Crippen LogP contribution in [0.1, 0.15) is 19.7 Å². The summed E-state index contributed by atoms with van der Waals surface area (Å²) >= 11 is 12.5. The van der Waals surface area contributed by atoms with Gasteiger partial charge in [0.1, 0.15) is 11.4 Å². The molecule has 0 atom stereocenters. The fraction of sp³-hybridized carbons (Fsp3) is 0.136. The Kier molecular flexibility index (Phi) is 4.90. The van der Waals surface area contributed by atoms with E-state index in [1.807, 2.05) is 30.3 Å². The second kappa shape index (κ2) is 7.26. The largest absolute Gasteiger partial charge is 0.383 e. The van der Waals surface area contributed by atoms with Crippen molar-refractivity contribution >= 4 is 34.2 Å². The lowest BCUT2D eigenvalue weighted by molar-refractivity contribution is 0.0688. The summed E-state index contributed by atoms with van der Waals surface area (Å²) < 4.78 is 0. The van der Waals surface area contributed by atoms with Crippen LogP contribution in [0.15, 0.2) is 59.4 Å². The van der Waals surface area contributed by atoms with Gasteiger partial charge in [-0.05, 0) is 43.7 Å². The summed E-state index contributed by atoms with van der Waals surface area (Å²) in [6, 6.07) is 16.4. The van der Waals surface area contributed by atoms with Crippen LogP contribution < -0.4 is 5.56 Å². The molecule has 5 nitrogen and oxygen atoms in total. The lowest BCUT2D eigenvalue weighted by Gasteiger charge is -2.17. The maximum Gasteiger partial charge on any atom is 0.260 e. The molecule has 146 valence electrons. The van der Waals surface area contributed by atoms with Crippen molar-refractivity contribution in [2.45, 2.75) is 19.4 Å². The van der Waals surface area contributed by atoms with E-state index in [2.05, 4.69) is 15.0 Å². The third-order valence-electron chi connectivity index (χ3n) is 4.56. The van der Waals surface area contributed by atoms with Gasteiger partial charge in [-0.3, -0.25) is 4.79 Å². The zero-order chi connectivity index (χ0) is 20.8. The van der Waals surface area contributed by atoms with Crippen LogP contribution in [-0.4, -0.2) is 20.1 Å². The number of hydrogen-bond donors (Lipinski definition) is 2. The van der Waals surface area contributed by atoms with Crippen LogP contribution in [0.3, 0.4) is 0 Å². The van der Waals surface area contributed by atoms with Crippen LogP contribution in [0.4, 0.5) is 0 Å². The summed E-state index contributed by atoms with van der Waals surface area (Å²) in [5.41, 5.74) is 1.42. The predicted octanol–water partition coefficient (Wildman–Crippen LogP) is 5.19. The average molecular weight is 426 g/mol. The predicted molar refractivity (Wildman–Crippen MR) is 116 cm³/mol. The molecule has 29 heavy (non-hydrogen) atoms. The van der Waals surface area contributed by atoms with E-state index in [-0.39, 0.29) is 17.0 Å². The number of H-pyrrole nitrogens is 1. The van der Waals surface area contributed by atoms with E-state index < -0.39 is 5.60 Å². The van der Waals surface area contributed by atoms with Crippen LogP contribution in [0.25, 0.3) is 33.4 Å². The maximum atomic E-state index is 12.7. The van der Waals surface area contributed by atoms with Gasteiger partial charge in [0.05, 0.1) is 11.1 Å². The van der Waals surface area contributed by atoms with Gasteiger partial charge in [0.2, 0.25) is 0 Å². The van der Waals surface area contributed by atoms with Gasteiger partial charge < -0.3 is 10.1 Å². The van der Waals surface area contributed by atoms with E-state index in [9.17, 15) is 9.90 Å². The number of hydrogen-bond acceptors (Lipinski definition) is 4. The summed E-state index contributed by atoms with van der Waals surface area (Å²) in [4.78, 5) is 24.4. The molecule has 0 aliphatic carbocycles. The Morgan fingerprint density at radius 2 is 1.66 bits per heavy atom. The van der Waals surface area contributed by atoms with Gasteiger partial charge in [-0.15, -0.1) is 0 Å². The van der Waals surface area contributed by atoms with E-state index in [4.69, 9.17) is 23.2 Å². The number of pyridine rings is 1. The monoisotopic (exact) mass is 425 g/mol. The molecule has 0 radical (unpaired) electrons. The van der Waals surface area contributed by atoms with Crippen LogP contribution >= 0.6 is 23.2 Å². The van der Waals surface area contributed by atoms with Gasteiger partial charge in [0, 0.05) is 21.2 Å². The number of fused-ring (bicyclic) bond motifs is 1. The first-order valence-corrected chi connectivity index (χ1v) is 9.68. The highest BCUT2D eigenvalue weighted by Crippen LogP contribution is 2.36.